The zero-order valence-corrected chi connectivity index (χ0v) is 15.9. The lowest BCUT2D eigenvalue weighted by Gasteiger charge is -2.19. The van der Waals surface area contributed by atoms with Crippen LogP contribution in [0.2, 0.25) is 10.0 Å². The van der Waals surface area contributed by atoms with Crippen LogP contribution >= 0.6 is 23.2 Å². The quantitative estimate of drug-likeness (QED) is 0.592. The Kier molecular flexibility index (Phi) is 6.01. The second-order valence-corrected chi connectivity index (χ2v) is 7.50. The lowest BCUT2D eigenvalue weighted by Crippen LogP contribution is -2.37. The zero-order chi connectivity index (χ0) is 19.6. The summed E-state index contributed by atoms with van der Waals surface area (Å²) in [7, 11) is 0. The van der Waals surface area contributed by atoms with Crippen molar-refractivity contribution in [2.45, 2.75) is 25.7 Å². The third kappa shape index (κ3) is 4.59. The molecule has 3 amide bonds. The molecule has 2 aliphatic rings. The molecule has 1 heterocycles. The van der Waals surface area contributed by atoms with Crippen molar-refractivity contribution >= 4 is 52.6 Å². The first-order valence-electron chi connectivity index (χ1n) is 8.62. The van der Waals surface area contributed by atoms with Gasteiger partial charge < -0.3 is 10.1 Å². The van der Waals surface area contributed by atoms with Crippen molar-refractivity contribution in [3.8, 4) is 0 Å². The van der Waals surface area contributed by atoms with E-state index >= 15 is 0 Å². The molecule has 1 aromatic rings. The minimum atomic E-state index is -0.811. The number of halogens is 2. The minimum absolute atomic E-state index is 0.320. The number of likely N-dealkylation sites (tertiary alicyclic amines) is 1. The summed E-state index contributed by atoms with van der Waals surface area (Å²) in [5.41, 5.74) is 0.363. The topological polar surface area (TPSA) is 92.8 Å². The number of esters is 1. The van der Waals surface area contributed by atoms with E-state index in [0.717, 1.165) is 17.7 Å². The summed E-state index contributed by atoms with van der Waals surface area (Å²) in [6.07, 6.45) is 3.16. The molecular formula is C18H18Cl2N2O5. The maximum Gasteiger partial charge on any atom is 0.326 e. The van der Waals surface area contributed by atoms with Crippen LogP contribution in [0.3, 0.4) is 0 Å². The van der Waals surface area contributed by atoms with E-state index < -0.39 is 25.0 Å². The van der Waals surface area contributed by atoms with Crippen molar-refractivity contribution < 1.29 is 23.9 Å². The Hall–Kier alpha value is -2.12. The highest BCUT2D eigenvalue weighted by Gasteiger charge is 2.48. The molecule has 3 rings (SSSR count). The van der Waals surface area contributed by atoms with Crippen molar-refractivity contribution in [3.05, 3.63) is 28.2 Å². The molecule has 27 heavy (non-hydrogen) atoms. The third-order valence-electron chi connectivity index (χ3n) is 4.73. The number of hydrogen-bond acceptors (Lipinski definition) is 5. The van der Waals surface area contributed by atoms with Gasteiger partial charge in [0.2, 0.25) is 11.8 Å². The zero-order valence-electron chi connectivity index (χ0n) is 14.4. The van der Waals surface area contributed by atoms with Gasteiger partial charge in [-0.05, 0) is 31.0 Å². The second-order valence-electron chi connectivity index (χ2n) is 6.63. The van der Waals surface area contributed by atoms with E-state index in [1.807, 2.05) is 0 Å². The number of carbonyl (C=O) groups excluding carboxylic acids is 4. The van der Waals surface area contributed by atoms with Crippen molar-refractivity contribution in [2.75, 3.05) is 18.5 Å². The van der Waals surface area contributed by atoms with Crippen LogP contribution in [0.25, 0.3) is 0 Å². The van der Waals surface area contributed by atoms with E-state index in [1.165, 1.54) is 18.2 Å². The van der Waals surface area contributed by atoms with Gasteiger partial charge in [0.05, 0.1) is 11.8 Å². The van der Waals surface area contributed by atoms with Crippen LogP contribution in [0.5, 0.6) is 0 Å². The van der Waals surface area contributed by atoms with Crippen LogP contribution < -0.4 is 5.32 Å². The molecule has 1 saturated heterocycles. The third-order valence-corrected chi connectivity index (χ3v) is 5.17. The number of rotatable bonds is 5. The normalized spacial score (nSPS) is 21.8. The number of anilines is 1. The number of fused-ring (bicyclic) bond motifs is 1. The average Bonchev–Trinajstić information content (AvgIpc) is 2.84. The van der Waals surface area contributed by atoms with E-state index in [9.17, 15) is 19.2 Å². The predicted molar refractivity (Wildman–Crippen MR) is 98.2 cm³/mol. The van der Waals surface area contributed by atoms with Gasteiger partial charge in [-0.2, -0.15) is 0 Å². The molecule has 0 unspecified atom stereocenters. The monoisotopic (exact) mass is 412 g/mol. The lowest BCUT2D eigenvalue weighted by molar-refractivity contribution is -0.154. The maximum atomic E-state index is 12.3. The largest absolute Gasteiger partial charge is 0.454 e. The summed E-state index contributed by atoms with van der Waals surface area (Å²) >= 11 is 11.7. The smallest absolute Gasteiger partial charge is 0.326 e. The Labute approximate surface area is 165 Å². The van der Waals surface area contributed by atoms with Crippen LogP contribution in [0.15, 0.2) is 18.2 Å². The van der Waals surface area contributed by atoms with Gasteiger partial charge in [0.1, 0.15) is 6.54 Å². The van der Waals surface area contributed by atoms with Gasteiger partial charge in [-0.25, -0.2) is 0 Å². The number of amides is 3. The highest BCUT2D eigenvalue weighted by atomic mass is 35.5. The van der Waals surface area contributed by atoms with Crippen molar-refractivity contribution in [1.82, 2.24) is 4.90 Å². The van der Waals surface area contributed by atoms with Gasteiger partial charge in [0.25, 0.3) is 5.91 Å². The van der Waals surface area contributed by atoms with Gasteiger partial charge in [0, 0.05) is 15.7 Å². The van der Waals surface area contributed by atoms with Crippen molar-refractivity contribution in [2.24, 2.45) is 11.8 Å². The van der Waals surface area contributed by atoms with Gasteiger partial charge in [0.15, 0.2) is 6.61 Å². The molecule has 9 heteroatoms. The van der Waals surface area contributed by atoms with Gasteiger partial charge in [-0.3, -0.25) is 24.1 Å². The molecule has 0 bridgehead atoms. The first-order chi connectivity index (χ1) is 12.8. The highest BCUT2D eigenvalue weighted by molar-refractivity contribution is 6.35. The number of imide groups is 1. The molecule has 1 N–H and O–H groups in total. The first kappa shape index (κ1) is 19.6. The molecule has 7 nitrogen and oxygen atoms in total. The van der Waals surface area contributed by atoms with Crippen LogP contribution in [0.4, 0.5) is 5.69 Å². The number of nitrogens with one attached hydrogen (secondary N) is 1. The highest BCUT2D eigenvalue weighted by Crippen LogP contribution is 2.37. The fraction of sp³-hybridized carbons (Fsp3) is 0.444. The Bertz CT molecular complexity index is 754. The lowest BCUT2D eigenvalue weighted by atomic mass is 9.81. The standard InChI is InChI=1S/C18H18Cl2N2O5/c19-10-5-11(20)7-12(6-10)21-15(23)9-27-16(24)8-22-17(25)13-3-1-2-4-14(13)18(22)26/h5-7,13-14H,1-4,8-9H2,(H,21,23)/t13-,14-/m0/s1. The molecule has 2 atom stereocenters. The van der Waals surface area contributed by atoms with Gasteiger partial charge in [-0.15, -0.1) is 0 Å². The van der Waals surface area contributed by atoms with Gasteiger partial charge >= 0.3 is 5.97 Å². The fourth-order valence-corrected chi connectivity index (χ4v) is 4.06. The fourth-order valence-electron chi connectivity index (χ4n) is 3.53. The SMILES string of the molecule is O=C(COC(=O)CN1C(=O)[C@H]2CCCC[C@@H]2C1=O)Nc1cc(Cl)cc(Cl)c1. The molecular weight excluding hydrogens is 395 g/mol. The van der Waals surface area contributed by atoms with E-state index in [0.29, 0.717) is 28.6 Å². The maximum absolute atomic E-state index is 12.3. The number of carbonyl (C=O) groups is 4. The Morgan fingerprint density at radius 3 is 2.15 bits per heavy atom. The summed E-state index contributed by atoms with van der Waals surface area (Å²) in [4.78, 5) is 49.5. The van der Waals surface area contributed by atoms with Crippen molar-refractivity contribution in [3.63, 3.8) is 0 Å². The Balaban J connectivity index is 1.50. The average molecular weight is 413 g/mol. The molecule has 144 valence electrons. The summed E-state index contributed by atoms with van der Waals surface area (Å²) in [5, 5.41) is 3.20. The molecule has 0 aromatic heterocycles. The van der Waals surface area contributed by atoms with E-state index in [2.05, 4.69) is 5.32 Å². The Morgan fingerprint density at radius 1 is 1.04 bits per heavy atom. The number of hydrogen-bond donors (Lipinski definition) is 1. The number of ether oxygens (including phenoxy) is 1. The molecule has 2 fully saturated rings. The van der Waals surface area contributed by atoms with Crippen molar-refractivity contribution in [1.29, 1.82) is 0 Å². The first-order valence-corrected chi connectivity index (χ1v) is 9.37. The van der Waals surface area contributed by atoms with Crippen LogP contribution in [0, 0.1) is 11.8 Å². The number of benzene rings is 1. The molecule has 1 aliphatic carbocycles. The van der Waals surface area contributed by atoms with Crippen LogP contribution in [-0.4, -0.2) is 41.7 Å². The van der Waals surface area contributed by atoms with E-state index in [-0.39, 0.29) is 23.7 Å². The summed E-state index contributed by atoms with van der Waals surface area (Å²) in [5.74, 6) is -2.69. The molecule has 1 saturated carbocycles. The summed E-state index contributed by atoms with van der Waals surface area (Å²) in [6.45, 7) is -1.02. The molecule has 1 aromatic carbocycles. The summed E-state index contributed by atoms with van der Waals surface area (Å²) < 4.78 is 4.89. The van der Waals surface area contributed by atoms with Gasteiger partial charge in [-0.1, -0.05) is 36.0 Å². The minimum Gasteiger partial charge on any atom is -0.454 e. The molecule has 1 aliphatic heterocycles. The molecule has 0 radical (unpaired) electrons. The number of nitrogens with zero attached hydrogens (tertiary/aromatic N) is 1. The van der Waals surface area contributed by atoms with Crippen LogP contribution in [0.1, 0.15) is 25.7 Å². The van der Waals surface area contributed by atoms with Crippen LogP contribution in [-0.2, 0) is 23.9 Å². The van der Waals surface area contributed by atoms with E-state index in [1.54, 1.807) is 0 Å². The summed E-state index contributed by atoms with van der Waals surface area (Å²) in [6, 6.07) is 4.51. The predicted octanol–water partition coefficient (Wildman–Crippen LogP) is 2.65. The second kappa shape index (κ2) is 8.27. The molecule has 0 spiro atoms. The Morgan fingerprint density at radius 2 is 1.59 bits per heavy atom. The van der Waals surface area contributed by atoms with E-state index in [4.69, 9.17) is 27.9 Å².